The van der Waals surface area contributed by atoms with E-state index in [-0.39, 0.29) is 5.65 Å². The van der Waals surface area contributed by atoms with Crippen LogP contribution in [0.5, 0.6) is 0 Å². The Morgan fingerprint density at radius 3 is 2.88 bits per heavy atom. The van der Waals surface area contributed by atoms with Crippen molar-refractivity contribution in [2.75, 3.05) is 36.5 Å². The third-order valence-electron chi connectivity index (χ3n) is 4.34. The summed E-state index contributed by atoms with van der Waals surface area (Å²) in [5.74, 6) is 0.921. The zero-order chi connectivity index (χ0) is 17.9. The van der Waals surface area contributed by atoms with E-state index >= 15 is 0 Å². The highest BCUT2D eigenvalue weighted by Gasteiger charge is 2.13. The molecule has 0 radical (unpaired) electrons. The standard InChI is InChI=1S/C18H19N5O3/c24-17-11-15(14-4-2-6-19-18(14)23(17)25)20-12-13-3-1-5-16(21-13)22-7-9-26-10-8-22/h1-6,11,20,25H,7-10,12H2. The summed E-state index contributed by atoms with van der Waals surface area (Å²) in [6.07, 6.45) is 1.53. The molecule has 134 valence electrons. The molecule has 0 saturated carbocycles. The van der Waals surface area contributed by atoms with Crippen LogP contribution in [0, 0.1) is 0 Å². The van der Waals surface area contributed by atoms with Crippen molar-refractivity contribution in [1.82, 2.24) is 14.7 Å². The molecule has 1 saturated heterocycles. The maximum atomic E-state index is 11.9. The number of morpholine rings is 1. The van der Waals surface area contributed by atoms with Crippen LogP contribution in [0.3, 0.4) is 0 Å². The van der Waals surface area contributed by atoms with Gasteiger partial charge in [0.15, 0.2) is 5.65 Å². The molecule has 26 heavy (non-hydrogen) atoms. The number of hydrogen-bond donors (Lipinski definition) is 2. The lowest BCUT2D eigenvalue weighted by Crippen LogP contribution is -2.36. The van der Waals surface area contributed by atoms with Crippen LogP contribution < -0.4 is 15.8 Å². The first-order chi connectivity index (χ1) is 12.7. The quantitative estimate of drug-likeness (QED) is 0.686. The maximum absolute atomic E-state index is 11.9. The number of ether oxygens (including phenoxy) is 1. The fourth-order valence-electron chi connectivity index (χ4n) is 3.01. The van der Waals surface area contributed by atoms with E-state index in [0.717, 1.165) is 24.6 Å². The van der Waals surface area contributed by atoms with E-state index in [1.807, 2.05) is 18.2 Å². The second kappa shape index (κ2) is 7.01. The van der Waals surface area contributed by atoms with Crippen LogP contribution in [0.25, 0.3) is 11.0 Å². The lowest BCUT2D eigenvalue weighted by Gasteiger charge is -2.28. The Hall–Kier alpha value is -3.13. The Balaban J connectivity index is 1.57. The molecular weight excluding hydrogens is 334 g/mol. The van der Waals surface area contributed by atoms with Gasteiger partial charge in [-0.2, -0.15) is 0 Å². The Morgan fingerprint density at radius 2 is 2.04 bits per heavy atom. The van der Waals surface area contributed by atoms with Crippen LogP contribution >= 0.6 is 0 Å². The summed E-state index contributed by atoms with van der Waals surface area (Å²) >= 11 is 0. The molecule has 0 unspecified atom stereocenters. The SMILES string of the molecule is O=c1cc(NCc2cccc(N3CCOCC3)n2)c2cccnc2n1O. The molecule has 0 bridgehead atoms. The molecule has 1 aliphatic heterocycles. The highest BCUT2D eigenvalue weighted by Crippen LogP contribution is 2.20. The van der Waals surface area contributed by atoms with Gasteiger partial charge in [-0.25, -0.2) is 9.97 Å². The van der Waals surface area contributed by atoms with Crippen molar-refractivity contribution in [1.29, 1.82) is 0 Å². The number of nitrogens with one attached hydrogen (secondary N) is 1. The molecule has 0 amide bonds. The molecular formula is C18H19N5O3. The lowest BCUT2D eigenvalue weighted by atomic mass is 10.2. The van der Waals surface area contributed by atoms with Gasteiger partial charge in [0.05, 0.1) is 31.1 Å². The Kier molecular flexibility index (Phi) is 4.40. The monoisotopic (exact) mass is 353 g/mol. The summed E-state index contributed by atoms with van der Waals surface area (Å²) in [6.45, 7) is 3.53. The number of aromatic nitrogens is 3. The van der Waals surface area contributed by atoms with E-state index in [0.29, 0.717) is 35.6 Å². The molecule has 8 heteroatoms. The number of anilines is 2. The van der Waals surface area contributed by atoms with Crippen LogP contribution in [-0.2, 0) is 11.3 Å². The molecule has 1 aliphatic rings. The van der Waals surface area contributed by atoms with Gasteiger partial charge in [-0.3, -0.25) is 4.79 Å². The van der Waals surface area contributed by atoms with E-state index in [4.69, 9.17) is 9.72 Å². The molecule has 4 rings (SSSR count). The molecule has 4 heterocycles. The molecule has 8 nitrogen and oxygen atoms in total. The number of pyridine rings is 3. The smallest absolute Gasteiger partial charge is 0.286 e. The van der Waals surface area contributed by atoms with E-state index in [1.165, 1.54) is 12.3 Å². The van der Waals surface area contributed by atoms with Crippen LogP contribution in [0.1, 0.15) is 5.69 Å². The lowest BCUT2D eigenvalue weighted by molar-refractivity contribution is 0.122. The second-order valence-corrected chi connectivity index (χ2v) is 6.02. The molecule has 2 N–H and O–H groups in total. The molecule has 0 aromatic carbocycles. The van der Waals surface area contributed by atoms with Gasteiger partial charge in [-0.05, 0) is 24.3 Å². The molecule has 0 atom stereocenters. The van der Waals surface area contributed by atoms with Crippen molar-refractivity contribution in [3.05, 3.63) is 58.6 Å². The van der Waals surface area contributed by atoms with E-state index in [1.54, 1.807) is 12.1 Å². The predicted octanol–water partition coefficient (Wildman–Crippen LogP) is 1.48. The largest absolute Gasteiger partial charge is 0.423 e. The first-order valence-electron chi connectivity index (χ1n) is 8.45. The fourth-order valence-corrected chi connectivity index (χ4v) is 3.01. The van der Waals surface area contributed by atoms with Gasteiger partial charge in [-0.1, -0.05) is 6.07 Å². The number of fused-ring (bicyclic) bond motifs is 1. The van der Waals surface area contributed by atoms with E-state index < -0.39 is 5.56 Å². The van der Waals surface area contributed by atoms with Crippen LogP contribution in [0.15, 0.2) is 47.4 Å². The average molecular weight is 353 g/mol. The minimum atomic E-state index is -0.534. The number of rotatable bonds is 4. The van der Waals surface area contributed by atoms with Crippen molar-refractivity contribution in [2.45, 2.75) is 6.54 Å². The molecule has 0 spiro atoms. The normalized spacial score (nSPS) is 14.5. The minimum Gasteiger partial charge on any atom is -0.423 e. The van der Waals surface area contributed by atoms with Gasteiger partial charge >= 0.3 is 0 Å². The van der Waals surface area contributed by atoms with Gasteiger partial charge in [0, 0.05) is 30.7 Å². The van der Waals surface area contributed by atoms with Crippen molar-refractivity contribution >= 4 is 22.5 Å². The molecule has 0 aliphatic carbocycles. The minimum absolute atomic E-state index is 0.220. The van der Waals surface area contributed by atoms with Crippen LogP contribution in [-0.4, -0.2) is 46.2 Å². The van der Waals surface area contributed by atoms with Gasteiger partial charge in [0.2, 0.25) is 0 Å². The first-order valence-corrected chi connectivity index (χ1v) is 8.45. The van der Waals surface area contributed by atoms with Crippen molar-refractivity contribution < 1.29 is 9.94 Å². The fraction of sp³-hybridized carbons (Fsp3) is 0.278. The average Bonchev–Trinajstić information content (AvgIpc) is 2.70. The highest BCUT2D eigenvalue weighted by molar-refractivity contribution is 5.88. The van der Waals surface area contributed by atoms with Crippen LogP contribution in [0.4, 0.5) is 11.5 Å². The van der Waals surface area contributed by atoms with Gasteiger partial charge < -0.3 is 20.2 Å². The highest BCUT2D eigenvalue weighted by atomic mass is 16.5. The summed E-state index contributed by atoms with van der Waals surface area (Å²) in [7, 11) is 0. The summed E-state index contributed by atoms with van der Waals surface area (Å²) < 4.78 is 5.93. The summed E-state index contributed by atoms with van der Waals surface area (Å²) in [4.78, 5) is 22.9. The summed E-state index contributed by atoms with van der Waals surface area (Å²) in [5.41, 5.74) is 1.16. The van der Waals surface area contributed by atoms with Gasteiger partial charge in [0.25, 0.3) is 5.56 Å². The summed E-state index contributed by atoms with van der Waals surface area (Å²) in [5, 5.41) is 13.7. The van der Waals surface area contributed by atoms with Gasteiger partial charge in [0.1, 0.15) is 5.82 Å². The number of nitrogens with zero attached hydrogens (tertiary/aromatic N) is 4. The van der Waals surface area contributed by atoms with Crippen molar-refractivity contribution in [3.8, 4) is 0 Å². The zero-order valence-corrected chi connectivity index (χ0v) is 14.1. The molecule has 1 fully saturated rings. The Morgan fingerprint density at radius 1 is 1.19 bits per heavy atom. The van der Waals surface area contributed by atoms with E-state index in [9.17, 15) is 10.0 Å². The molecule has 3 aromatic heterocycles. The summed E-state index contributed by atoms with van der Waals surface area (Å²) in [6, 6.07) is 10.8. The topological polar surface area (TPSA) is 92.5 Å². The second-order valence-electron chi connectivity index (χ2n) is 6.02. The predicted molar refractivity (Wildman–Crippen MR) is 97.8 cm³/mol. The third kappa shape index (κ3) is 3.18. The maximum Gasteiger partial charge on any atom is 0.286 e. The first kappa shape index (κ1) is 16.3. The van der Waals surface area contributed by atoms with Crippen molar-refractivity contribution in [2.24, 2.45) is 0 Å². The van der Waals surface area contributed by atoms with Crippen LogP contribution in [0.2, 0.25) is 0 Å². The van der Waals surface area contributed by atoms with Gasteiger partial charge in [-0.15, -0.1) is 4.73 Å². The Bertz CT molecular complexity index is 982. The van der Waals surface area contributed by atoms with Crippen molar-refractivity contribution in [3.63, 3.8) is 0 Å². The number of hydrogen-bond acceptors (Lipinski definition) is 7. The molecule has 3 aromatic rings. The Labute approximate surface area is 149 Å². The van der Waals surface area contributed by atoms with E-state index in [2.05, 4.69) is 15.2 Å². The third-order valence-corrected chi connectivity index (χ3v) is 4.34. The zero-order valence-electron chi connectivity index (χ0n) is 14.1.